The third-order valence-electron chi connectivity index (χ3n) is 5.68. The van der Waals surface area contributed by atoms with Gasteiger partial charge in [-0.1, -0.05) is 0 Å². The van der Waals surface area contributed by atoms with Crippen molar-refractivity contribution < 1.29 is 9.21 Å². The lowest BCUT2D eigenvalue weighted by Gasteiger charge is -2.35. The van der Waals surface area contributed by atoms with Gasteiger partial charge < -0.3 is 9.32 Å². The molecule has 0 aromatic carbocycles. The van der Waals surface area contributed by atoms with E-state index in [-0.39, 0.29) is 5.91 Å². The van der Waals surface area contributed by atoms with Crippen molar-refractivity contribution in [2.75, 3.05) is 19.6 Å². The summed E-state index contributed by atoms with van der Waals surface area (Å²) in [5.41, 5.74) is 1.30. The average Bonchev–Trinajstić information content (AvgIpc) is 3.34. The second-order valence-electron chi connectivity index (χ2n) is 7.56. The van der Waals surface area contributed by atoms with Crippen LogP contribution < -0.4 is 0 Å². The highest BCUT2D eigenvalue weighted by atomic mass is 16.3. The third kappa shape index (κ3) is 3.31. The molecule has 2 bridgehead atoms. The molecule has 2 unspecified atom stereocenters. The van der Waals surface area contributed by atoms with Crippen LogP contribution in [0.25, 0.3) is 11.5 Å². The molecular weight excluding hydrogens is 356 g/mol. The van der Waals surface area contributed by atoms with E-state index in [2.05, 4.69) is 25.1 Å². The number of aromatic nitrogens is 4. The first-order chi connectivity index (χ1) is 13.8. The molecule has 3 fully saturated rings. The first-order valence-corrected chi connectivity index (χ1v) is 9.64. The van der Waals surface area contributed by atoms with Gasteiger partial charge >= 0.3 is 0 Å². The minimum Gasteiger partial charge on any atom is -0.458 e. The molecule has 2 atom stereocenters. The molecule has 0 saturated carbocycles. The molecule has 8 heteroatoms. The van der Waals surface area contributed by atoms with Gasteiger partial charge in [0.15, 0.2) is 5.76 Å². The topological polar surface area (TPSA) is 91.2 Å². The smallest absolute Gasteiger partial charge is 0.274 e. The van der Waals surface area contributed by atoms with Crippen molar-refractivity contribution in [1.82, 2.24) is 30.0 Å². The van der Waals surface area contributed by atoms with E-state index in [0.29, 0.717) is 17.7 Å². The molecule has 1 amide bonds. The Hall–Kier alpha value is -3.00. The molecule has 144 valence electrons. The molecule has 3 aromatic heterocycles. The number of carbonyl (C=O) groups excluding carboxylic acids is 1. The second-order valence-corrected chi connectivity index (χ2v) is 7.56. The molecule has 0 aliphatic carbocycles. The highest BCUT2D eigenvalue weighted by Gasteiger charge is 2.37. The van der Waals surface area contributed by atoms with Crippen LogP contribution in [0.15, 0.2) is 47.4 Å². The molecule has 3 aromatic rings. The van der Waals surface area contributed by atoms with Crippen LogP contribution in [0.2, 0.25) is 0 Å². The van der Waals surface area contributed by atoms with Crippen molar-refractivity contribution in [3.05, 3.63) is 54.4 Å². The Morgan fingerprint density at radius 1 is 1.14 bits per heavy atom. The fraction of sp³-hybridized carbons (Fsp3) is 0.400. The molecular formula is C20H22N6O2. The van der Waals surface area contributed by atoms with Gasteiger partial charge in [0.25, 0.3) is 5.91 Å². The Morgan fingerprint density at radius 3 is 2.93 bits per heavy atom. The zero-order chi connectivity index (χ0) is 18.9. The summed E-state index contributed by atoms with van der Waals surface area (Å²) >= 11 is 0. The number of furan rings is 1. The van der Waals surface area contributed by atoms with Gasteiger partial charge in [0.1, 0.15) is 17.1 Å². The maximum absolute atomic E-state index is 12.8. The number of aromatic amines is 1. The van der Waals surface area contributed by atoms with E-state index in [1.165, 1.54) is 0 Å². The third-order valence-corrected chi connectivity index (χ3v) is 5.68. The van der Waals surface area contributed by atoms with E-state index < -0.39 is 0 Å². The number of nitrogens with one attached hydrogen (secondary N) is 1. The lowest BCUT2D eigenvalue weighted by molar-refractivity contribution is 0.0727. The number of carbonyl (C=O) groups is 1. The van der Waals surface area contributed by atoms with Gasteiger partial charge in [0, 0.05) is 44.3 Å². The van der Waals surface area contributed by atoms with Crippen molar-refractivity contribution in [1.29, 1.82) is 0 Å². The van der Waals surface area contributed by atoms with Crippen molar-refractivity contribution in [3.8, 4) is 11.5 Å². The predicted molar refractivity (Wildman–Crippen MR) is 101 cm³/mol. The molecule has 6 heterocycles. The highest BCUT2D eigenvalue weighted by molar-refractivity contribution is 5.92. The van der Waals surface area contributed by atoms with Crippen LogP contribution in [0, 0.1) is 5.92 Å². The Labute approximate surface area is 162 Å². The summed E-state index contributed by atoms with van der Waals surface area (Å²) in [5.74, 6) is 2.18. The van der Waals surface area contributed by atoms with Crippen molar-refractivity contribution >= 4 is 5.91 Å². The number of fused-ring (bicyclic) bond motifs is 4. The van der Waals surface area contributed by atoms with Crippen LogP contribution >= 0.6 is 0 Å². The standard InChI is InChI=1S/C20H22N6O2/c27-20(18-9-21-7-8-22-18)26-11-14-1-2-15(12-26)25(10-14)13-16-3-4-19(28-16)17-5-6-23-24-17/h3-9,14-15H,1-2,10-13H2,(H,23,24). The molecule has 0 radical (unpaired) electrons. The lowest BCUT2D eigenvalue weighted by atomic mass is 9.95. The highest BCUT2D eigenvalue weighted by Crippen LogP contribution is 2.30. The second kappa shape index (κ2) is 7.20. The van der Waals surface area contributed by atoms with E-state index in [0.717, 1.165) is 56.2 Å². The largest absolute Gasteiger partial charge is 0.458 e. The average molecular weight is 378 g/mol. The van der Waals surface area contributed by atoms with Crippen LogP contribution in [0.5, 0.6) is 0 Å². The van der Waals surface area contributed by atoms with Gasteiger partial charge in [0.05, 0.1) is 12.7 Å². The van der Waals surface area contributed by atoms with Crippen LogP contribution in [-0.2, 0) is 6.54 Å². The molecule has 1 N–H and O–H groups in total. The van der Waals surface area contributed by atoms with E-state index in [9.17, 15) is 4.79 Å². The van der Waals surface area contributed by atoms with E-state index in [1.54, 1.807) is 24.8 Å². The Morgan fingerprint density at radius 2 is 2.11 bits per heavy atom. The first-order valence-electron chi connectivity index (χ1n) is 9.64. The van der Waals surface area contributed by atoms with Gasteiger partial charge in [-0.25, -0.2) is 4.98 Å². The molecule has 0 spiro atoms. The summed E-state index contributed by atoms with van der Waals surface area (Å²) in [6.45, 7) is 3.23. The van der Waals surface area contributed by atoms with E-state index >= 15 is 0 Å². The maximum atomic E-state index is 12.8. The number of hydrogen-bond donors (Lipinski definition) is 1. The molecule has 3 aliphatic rings. The summed E-state index contributed by atoms with van der Waals surface area (Å²) in [4.78, 5) is 25.5. The zero-order valence-corrected chi connectivity index (χ0v) is 15.5. The first kappa shape index (κ1) is 17.1. The maximum Gasteiger partial charge on any atom is 0.274 e. The summed E-state index contributed by atoms with van der Waals surface area (Å²) in [6.07, 6.45) is 8.68. The molecule has 3 saturated heterocycles. The summed E-state index contributed by atoms with van der Waals surface area (Å²) in [7, 11) is 0. The van der Waals surface area contributed by atoms with E-state index in [1.807, 2.05) is 23.1 Å². The monoisotopic (exact) mass is 378 g/mol. The fourth-order valence-corrected chi connectivity index (χ4v) is 4.31. The Kier molecular flexibility index (Phi) is 4.40. The number of rotatable bonds is 4. The number of nitrogens with zero attached hydrogens (tertiary/aromatic N) is 5. The van der Waals surface area contributed by atoms with Crippen molar-refractivity contribution in [2.45, 2.75) is 25.4 Å². The molecule has 6 rings (SSSR count). The summed E-state index contributed by atoms with van der Waals surface area (Å²) in [6, 6.07) is 6.23. The molecule has 28 heavy (non-hydrogen) atoms. The van der Waals surface area contributed by atoms with Gasteiger partial charge in [-0.2, -0.15) is 5.10 Å². The number of amides is 1. The lowest BCUT2D eigenvalue weighted by Crippen LogP contribution is -2.43. The SMILES string of the molecule is O=C(c1cnccn1)N1CC2CCC(C1)N(Cc1ccc(-c3ccn[nH]3)o1)C2. The zero-order valence-electron chi connectivity index (χ0n) is 15.5. The normalized spacial score (nSPS) is 22.4. The minimum atomic E-state index is -0.0219. The molecule has 8 nitrogen and oxygen atoms in total. The van der Waals surface area contributed by atoms with Crippen molar-refractivity contribution in [3.63, 3.8) is 0 Å². The summed E-state index contributed by atoms with van der Waals surface area (Å²) < 4.78 is 6.01. The quantitative estimate of drug-likeness (QED) is 0.748. The van der Waals surface area contributed by atoms with Gasteiger partial charge in [-0.3, -0.25) is 19.8 Å². The van der Waals surface area contributed by atoms with Crippen LogP contribution in [0.1, 0.15) is 29.1 Å². The number of piperidine rings is 1. The van der Waals surface area contributed by atoms with Crippen LogP contribution in [0.4, 0.5) is 0 Å². The predicted octanol–water partition coefficient (Wildman–Crippen LogP) is 2.20. The minimum absolute atomic E-state index is 0.0219. The van der Waals surface area contributed by atoms with Gasteiger partial charge in [0.2, 0.25) is 0 Å². The van der Waals surface area contributed by atoms with Crippen LogP contribution in [0.3, 0.4) is 0 Å². The molecule has 3 aliphatic heterocycles. The Balaban J connectivity index is 1.30. The number of H-pyrrole nitrogens is 1. The van der Waals surface area contributed by atoms with Crippen molar-refractivity contribution in [2.24, 2.45) is 5.92 Å². The van der Waals surface area contributed by atoms with Gasteiger partial charge in [-0.15, -0.1) is 0 Å². The number of hydrogen-bond acceptors (Lipinski definition) is 6. The fourth-order valence-electron chi connectivity index (χ4n) is 4.31. The van der Waals surface area contributed by atoms with Gasteiger partial charge in [-0.05, 0) is 37.0 Å². The van der Waals surface area contributed by atoms with Crippen LogP contribution in [-0.4, -0.2) is 61.5 Å². The summed E-state index contributed by atoms with van der Waals surface area (Å²) in [5, 5.41) is 6.90. The Bertz CT molecular complexity index is 939. The van der Waals surface area contributed by atoms with E-state index in [4.69, 9.17) is 4.42 Å².